The van der Waals surface area contributed by atoms with Crippen LogP contribution in [-0.4, -0.2) is 44.0 Å². The summed E-state index contributed by atoms with van der Waals surface area (Å²) >= 11 is 5.71. The molecule has 82 valence electrons. The second kappa shape index (κ2) is 4.78. The van der Waals surface area contributed by atoms with Gasteiger partial charge < -0.3 is 0 Å². The topological polar surface area (TPSA) is 0 Å². The molecule has 0 aromatic carbocycles. The van der Waals surface area contributed by atoms with Crippen molar-refractivity contribution in [2.24, 2.45) is 0 Å². The Morgan fingerprint density at radius 1 is 1.19 bits per heavy atom. The molecule has 0 fully saturated rings. The molecule has 1 unspecified atom stereocenters. The van der Waals surface area contributed by atoms with Crippen LogP contribution in [0.15, 0.2) is 39.1 Å². The maximum absolute atomic E-state index is 4.00. The zero-order chi connectivity index (χ0) is 11.0. The molecule has 0 saturated carbocycles. The second-order valence-electron chi connectivity index (χ2n) is 3.56. The van der Waals surface area contributed by atoms with E-state index in [0.717, 1.165) is 0 Å². The van der Waals surface area contributed by atoms with Gasteiger partial charge in [0.25, 0.3) is 0 Å². The molecular weight excluding hydrogens is 461 g/mol. The molecular formula is C12H9BrSe3. The third-order valence-corrected chi connectivity index (χ3v) is 11.9. The first kappa shape index (κ1) is 11.8. The van der Waals surface area contributed by atoms with Gasteiger partial charge in [-0.2, -0.15) is 0 Å². The van der Waals surface area contributed by atoms with Crippen LogP contribution < -0.4 is 0 Å². The Morgan fingerprint density at radius 2 is 2.12 bits per heavy atom. The van der Waals surface area contributed by atoms with Crippen LogP contribution in [0.3, 0.4) is 0 Å². The molecule has 0 aliphatic carbocycles. The fourth-order valence-corrected chi connectivity index (χ4v) is 9.80. The fourth-order valence-electron chi connectivity index (χ4n) is 1.77. The van der Waals surface area contributed by atoms with Crippen molar-refractivity contribution >= 4 is 59.9 Å². The fraction of sp³-hybridized carbons (Fsp3) is 0.167. The van der Waals surface area contributed by atoms with Gasteiger partial charge in [-0.15, -0.1) is 0 Å². The summed E-state index contributed by atoms with van der Waals surface area (Å²) in [5, 5.41) is 0. The molecule has 3 rings (SSSR count). The van der Waals surface area contributed by atoms with Crippen LogP contribution in [0.25, 0.3) is 10.0 Å². The molecule has 16 heavy (non-hydrogen) atoms. The quantitative estimate of drug-likeness (QED) is 0.468. The predicted molar refractivity (Wildman–Crippen MR) is 75.9 cm³/mol. The first-order chi connectivity index (χ1) is 7.80. The third-order valence-electron chi connectivity index (χ3n) is 2.52. The Hall–Kier alpha value is 0.738. The summed E-state index contributed by atoms with van der Waals surface area (Å²) in [4.78, 5) is 7.06. The van der Waals surface area contributed by atoms with Gasteiger partial charge in [-0.05, 0) is 0 Å². The molecule has 0 amide bonds. The summed E-state index contributed by atoms with van der Waals surface area (Å²) in [6.45, 7) is 0. The van der Waals surface area contributed by atoms with Gasteiger partial charge in [0.1, 0.15) is 0 Å². The summed E-state index contributed by atoms with van der Waals surface area (Å²) < 4.78 is 3.56. The minimum absolute atomic E-state index is 0.304. The molecule has 4 heteroatoms. The first-order valence-corrected chi connectivity index (χ1v) is 11.3. The molecule has 0 nitrogen and oxygen atoms in total. The van der Waals surface area contributed by atoms with Crippen molar-refractivity contribution in [1.29, 1.82) is 0 Å². The first-order valence-electron chi connectivity index (χ1n) is 4.93. The van der Waals surface area contributed by atoms with Gasteiger partial charge in [-0.1, -0.05) is 0 Å². The summed E-state index contributed by atoms with van der Waals surface area (Å²) in [6, 6.07) is 6.86. The second-order valence-corrected chi connectivity index (χ2v) is 12.5. The van der Waals surface area contributed by atoms with Gasteiger partial charge in [0, 0.05) is 0 Å². The van der Waals surface area contributed by atoms with Crippen LogP contribution in [0.2, 0.25) is 0 Å². The number of halogens is 1. The molecule has 0 radical (unpaired) electrons. The van der Waals surface area contributed by atoms with E-state index < -0.39 is 0 Å². The van der Waals surface area contributed by atoms with E-state index in [4.69, 9.17) is 0 Å². The summed E-state index contributed by atoms with van der Waals surface area (Å²) in [7, 11) is 0. The van der Waals surface area contributed by atoms with Crippen LogP contribution in [0.4, 0.5) is 0 Å². The molecule has 0 saturated heterocycles. The van der Waals surface area contributed by atoms with E-state index in [1.54, 1.807) is 14.4 Å². The van der Waals surface area contributed by atoms with Crippen LogP contribution in [0.1, 0.15) is 10.9 Å². The van der Waals surface area contributed by atoms with Crippen molar-refractivity contribution in [3.63, 3.8) is 0 Å². The molecule has 3 heterocycles. The van der Waals surface area contributed by atoms with Crippen molar-refractivity contribution in [3.05, 3.63) is 43.6 Å². The summed E-state index contributed by atoms with van der Waals surface area (Å²) in [5.41, 5.74) is 1.55. The summed E-state index contributed by atoms with van der Waals surface area (Å²) in [5.74, 6) is 0. The molecule has 0 spiro atoms. The van der Waals surface area contributed by atoms with Gasteiger partial charge in [0.2, 0.25) is 0 Å². The standard InChI is InChI=1S/C12H9BrSe3/c13-12(5-2-7-16-12)11-9(4-8-15-11)10-3-1-6-14-10/h1-4,6-8H,5H2. The van der Waals surface area contributed by atoms with Gasteiger partial charge in [-0.25, -0.2) is 0 Å². The van der Waals surface area contributed by atoms with E-state index in [-0.39, 0.29) is 0 Å². The Kier molecular flexibility index (Phi) is 3.53. The van der Waals surface area contributed by atoms with Crippen LogP contribution in [0, 0.1) is 0 Å². The molecule has 1 aliphatic rings. The van der Waals surface area contributed by atoms with Crippen molar-refractivity contribution in [2.45, 2.75) is 9.64 Å². The Labute approximate surface area is 122 Å². The van der Waals surface area contributed by atoms with Crippen LogP contribution in [-0.2, 0) is 3.22 Å². The van der Waals surface area contributed by atoms with E-state index in [9.17, 15) is 0 Å². The zero-order valence-electron chi connectivity index (χ0n) is 8.35. The average molecular weight is 470 g/mol. The van der Waals surface area contributed by atoms with Gasteiger partial charge in [-0.3, -0.25) is 0 Å². The monoisotopic (exact) mass is 472 g/mol. The molecule has 0 bridgehead atoms. The van der Waals surface area contributed by atoms with E-state index in [0.29, 0.717) is 47.2 Å². The van der Waals surface area contributed by atoms with Gasteiger partial charge in [0.05, 0.1) is 0 Å². The Morgan fingerprint density at radius 3 is 2.81 bits per heavy atom. The third kappa shape index (κ3) is 2.06. The molecule has 2 aromatic heterocycles. The van der Waals surface area contributed by atoms with E-state index >= 15 is 0 Å². The SMILES string of the molecule is BrC1(c2[se]ccc2-c2ccc[se]2)CC=C[Se]1. The molecule has 0 N–H and O–H groups in total. The Bertz CT molecular complexity index is 502. The van der Waals surface area contributed by atoms with Crippen LogP contribution >= 0.6 is 15.9 Å². The number of hydrogen-bond donors (Lipinski definition) is 0. The van der Waals surface area contributed by atoms with Gasteiger partial charge >= 0.3 is 123 Å². The van der Waals surface area contributed by atoms with E-state index in [1.807, 2.05) is 0 Å². The zero-order valence-corrected chi connectivity index (χ0v) is 15.1. The number of hydrogen-bond acceptors (Lipinski definition) is 0. The van der Waals surface area contributed by atoms with E-state index in [1.165, 1.54) is 6.42 Å². The van der Waals surface area contributed by atoms with Crippen molar-refractivity contribution < 1.29 is 0 Å². The summed E-state index contributed by atoms with van der Waals surface area (Å²) in [6.07, 6.45) is 3.52. The molecule has 1 atom stereocenters. The number of allylic oxidation sites excluding steroid dienone is 1. The van der Waals surface area contributed by atoms with Gasteiger partial charge in [0.15, 0.2) is 0 Å². The molecule has 2 aromatic rings. The van der Waals surface area contributed by atoms with Crippen molar-refractivity contribution in [2.75, 3.05) is 0 Å². The number of alkyl halides is 1. The average Bonchev–Trinajstić information content (AvgIpc) is 2.98. The maximum atomic E-state index is 4.00. The van der Waals surface area contributed by atoms with Crippen LogP contribution in [0.5, 0.6) is 0 Å². The van der Waals surface area contributed by atoms with E-state index in [2.05, 4.69) is 55.1 Å². The Balaban J connectivity index is 2.06. The normalized spacial score (nSPS) is 24.1. The van der Waals surface area contributed by atoms with Crippen molar-refractivity contribution in [3.8, 4) is 10.0 Å². The predicted octanol–water partition coefficient (Wildman–Crippen LogP) is 2.64. The molecule has 1 aliphatic heterocycles. The number of rotatable bonds is 2. The minimum atomic E-state index is 0.304. The van der Waals surface area contributed by atoms with Crippen molar-refractivity contribution in [1.82, 2.24) is 0 Å².